The van der Waals surface area contributed by atoms with Crippen LogP contribution in [0.4, 0.5) is 0 Å². The zero-order chi connectivity index (χ0) is 14.7. The molecule has 1 saturated carbocycles. The number of rotatable bonds is 5. The first kappa shape index (κ1) is 16.7. The molecule has 0 saturated heterocycles. The normalized spacial score (nSPS) is 20.7. The lowest BCUT2D eigenvalue weighted by Crippen LogP contribution is -2.47. The second-order valence-corrected chi connectivity index (χ2v) is 8.05. The van der Waals surface area contributed by atoms with Crippen LogP contribution in [0, 0.1) is 11.3 Å². The molecule has 19 heavy (non-hydrogen) atoms. The maximum absolute atomic E-state index is 4.97. The molecule has 1 unspecified atom stereocenters. The van der Waals surface area contributed by atoms with Crippen LogP contribution in [0.2, 0.25) is 0 Å². The highest BCUT2D eigenvalue weighted by molar-refractivity contribution is 7.82. The summed E-state index contributed by atoms with van der Waals surface area (Å²) >= 11 is 4.97. The summed E-state index contributed by atoms with van der Waals surface area (Å²) in [6, 6.07) is 0. The minimum absolute atomic E-state index is 0.250. The third-order valence-corrected chi connectivity index (χ3v) is 4.82. The third kappa shape index (κ3) is 4.91. The lowest BCUT2D eigenvalue weighted by molar-refractivity contribution is 0.275. The molecule has 0 radical (unpaired) electrons. The second-order valence-electron chi connectivity index (χ2n) is 7.35. The highest BCUT2D eigenvalue weighted by Gasteiger charge is 2.37. The predicted octanol–water partition coefficient (Wildman–Crippen LogP) is 5.31. The van der Waals surface area contributed by atoms with E-state index >= 15 is 0 Å². The van der Waals surface area contributed by atoms with Gasteiger partial charge in [0.15, 0.2) is 0 Å². The minimum Gasteiger partial charge on any atom is -0.371 e. The van der Waals surface area contributed by atoms with E-state index in [0.29, 0.717) is 5.92 Å². The van der Waals surface area contributed by atoms with Crippen molar-refractivity contribution in [3.8, 4) is 0 Å². The Morgan fingerprint density at radius 3 is 2.11 bits per heavy atom. The van der Waals surface area contributed by atoms with E-state index in [1.807, 2.05) is 0 Å². The van der Waals surface area contributed by atoms with Crippen molar-refractivity contribution in [2.24, 2.45) is 11.3 Å². The quantitative estimate of drug-likeness (QED) is 0.395. The number of nitrogens with one attached hydrogen (secondary N) is 1. The third-order valence-electron chi connectivity index (χ3n) is 3.96. The summed E-state index contributed by atoms with van der Waals surface area (Å²) in [6.07, 6.45) is 7.44. The van der Waals surface area contributed by atoms with Gasteiger partial charge in [0.05, 0.1) is 0 Å². The number of allylic oxidation sites excluding steroid dienone is 1. The van der Waals surface area contributed by atoms with Gasteiger partial charge >= 0.3 is 0 Å². The van der Waals surface area contributed by atoms with Crippen molar-refractivity contribution < 1.29 is 0 Å². The Kier molecular flexibility index (Phi) is 5.61. The Morgan fingerprint density at radius 2 is 1.68 bits per heavy atom. The van der Waals surface area contributed by atoms with Crippen LogP contribution >= 0.6 is 12.6 Å². The summed E-state index contributed by atoms with van der Waals surface area (Å²) in [5.41, 5.74) is 2.44. The Balaban J connectivity index is 2.76. The van der Waals surface area contributed by atoms with Gasteiger partial charge in [0, 0.05) is 5.70 Å². The Labute approximate surface area is 125 Å². The van der Waals surface area contributed by atoms with E-state index in [0.717, 1.165) is 17.7 Å². The fourth-order valence-corrected chi connectivity index (χ4v) is 3.45. The SMILES string of the molecule is C=C(CC(C)(C)C)NC(S)(C(=C)C)C1CCCCC1. The average molecular weight is 282 g/mol. The molecule has 1 atom stereocenters. The van der Waals surface area contributed by atoms with E-state index < -0.39 is 0 Å². The van der Waals surface area contributed by atoms with Gasteiger partial charge in [-0.25, -0.2) is 0 Å². The average Bonchev–Trinajstić information content (AvgIpc) is 2.27. The Hall–Kier alpha value is -0.370. The number of hydrogen-bond acceptors (Lipinski definition) is 2. The molecule has 1 rings (SSSR count). The van der Waals surface area contributed by atoms with Gasteiger partial charge in [-0.1, -0.05) is 53.2 Å². The van der Waals surface area contributed by atoms with Crippen molar-refractivity contribution in [3.63, 3.8) is 0 Å². The predicted molar refractivity (Wildman–Crippen MR) is 89.5 cm³/mol. The molecule has 0 amide bonds. The maximum atomic E-state index is 4.97. The maximum Gasteiger partial charge on any atom is 0.104 e. The van der Waals surface area contributed by atoms with Gasteiger partial charge in [-0.05, 0) is 43.1 Å². The fourth-order valence-electron chi connectivity index (χ4n) is 3.03. The van der Waals surface area contributed by atoms with Crippen molar-refractivity contribution in [1.82, 2.24) is 5.32 Å². The molecule has 0 aromatic carbocycles. The highest BCUT2D eigenvalue weighted by atomic mass is 32.1. The standard InChI is InChI=1S/C17H31NS/c1-13(2)17(19,15-10-8-7-9-11-15)18-14(3)12-16(4,5)6/h15,18-19H,1,3,7-12H2,2,4-6H3. The van der Waals surface area contributed by atoms with Crippen LogP contribution in [0.15, 0.2) is 24.4 Å². The molecular formula is C17H31NS. The van der Waals surface area contributed by atoms with Gasteiger partial charge in [0.25, 0.3) is 0 Å². The summed E-state index contributed by atoms with van der Waals surface area (Å²) in [4.78, 5) is -0.289. The zero-order valence-corrected chi connectivity index (χ0v) is 14.1. The van der Waals surface area contributed by atoms with Crippen molar-refractivity contribution >= 4 is 12.6 Å². The van der Waals surface area contributed by atoms with Crippen LogP contribution < -0.4 is 5.32 Å². The van der Waals surface area contributed by atoms with Crippen molar-refractivity contribution in [3.05, 3.63) is 24.4 Å². The van der Waals surface area contributed by atoms with Gasteiger partial charge in [-0.3, -0.25) is 0 Å². The van der Waals surface area contributed by atoms with Crippen LogP contribution in [0.3, 0.4) is 0 Å². The Morgan fingerprint density at radius 1 is 1.16 bits per heavy atom. The molecule has 1 aliphatic rings. The molecule has 110 valence electrons. The Bertz CT molecular complexity index is 334. The molecule has 1 fully saturated rings. The van der Waals surface area contributed by atoms with Crippen molar-refractivity contribution in [1.29, 1.82) is 0 Å². The van der Waals surface area contributed by atoms with Gasteiger partial charge in [-0.2, -0.15) is 0 Å². The largest absolute Gasteiger partial charge is 0.371 e. The first-order valence-corrected chi connectivity index (χ1v) is 7.94. The van der Waals surface area contributed by atoms with Crippen LogP contribution in [0.5, 0.6) is 0 Å². The monoisotopic (exact) mass is 281 g/mol. The summed E-state index contributed by atoms with van der Waals surface area (Å²) < 4.78 is 0. The molecule has 2 heteroatoms. The zero-order valence-electron chi connectivity index (χ0n) is 13.2. The van der Waals surface area contributed by atoms with E-state index in [1.165, 1.54) is 32.1 Å². The van der Waals surface area contributed by atoms with Gasteiger partial charge in [-0.15, -0.1) is 12.6 Å². The molecule has 0 bridgehead atoms. The topological polar surface area (TPSA) is 12.0 Å². The fraction of sp³-hybridized carbons (Fsp3) is 0.765. The molecule has 0 aromatic rings. The van der Waals surface area contributed by atoms with Crippen LogP contribution in [-0.2, 0) is 0 Å². The van der Waals surface area contributed by atoms with Crippen molar-refractivity contribution in [2.75, 3.05) is 0 Å². The van der Waals surface area contributed by atoms with Gasteiger partial charge < -0.3 is 5.32 Å². The van der Waals surface area contributed by atoms with E-state index in [2.05, 4.69) is 46.2 Å². The minimum atomic E-state index is -0.289. The lowest BCUT2D eigenvalue weighted by atomic mass is 9.80. The van der Waals surface area contributed by atoms with Crippen molar-refractivity contribution in [2.45, 2.75) is 71.1 Å². The molecule has 0 spiro atoms. The number of hydrogen-bond donors (Lipinski definition) is 2. The molecule has 0 heterocycles. The summed E-state index contributed by atoms with van der Waals surface area (Å²) in [7, 11) is 0. The van der Waals surface area contributed by atoms with Crippen LogP contribution in [0.25, 0.3) is 0 Å². The molecule has 0 aromatic heterocycles. The molecule has 1 aliphatic carbocycles. The highest BCUT2D eigenvalue weighted by Crippen LogP contribution is 2.40. The van der Waals surface area contributed by atoms with E-state index in [4.69, 9.17) is 12.6 Å². The van der Waals surface area contributed by atoms with Crippen LogP contribution in [0.1, 0.15) is 66.2 Å². The smallest absolute Gasteiger partial charge is 0.104 e. The van der Waals surface area contributed by atoms with Gasteiger partial charge in [0.2, 0.25) is 0 Å². The summed E-state index contributed by atoms with van der Waals surface area (Å²) in [5.74, 6) is 0.568. The molecule has 1 N–H and O–H groups in total. The lowest BCUT2D eigenvalue weighted by Gasteiger charge is -2.42. The second kappa shape index (κ2) is 6.39. The van der Waals surface area contributed by atoms with E-state index in [-0.39, 0.29) is 10.3 Å². The van der Waals surface area contributed by atoms with E-state index in [1.54, 1.807) is 0 Å². The first-order chi connectivity index (χ1) is 8.65. The first-order valence-electron chi connectivity index (χ1n) is 7.49. The van der Waals surface area contributed by atoms with E-state index in [9.17, 15) is 0 Å². The van der Waals surface area contributed by atoms with Crippen LogP contribution in [-0.4, -0.2) is 4.87 Å². The molecular weight excluding hydrogens is 250 g/mol. The van der Waals surface area contributed by atoms with Gasteiger partial charge in [0.1, 0.15) is 4.87 Å². The molecule has 0 aliphatic heterocycles. The number of thiol groups is 1. The molecule has 1 nitrogen and oxygen atoms in total. The summed E-state index contributed by atoms with van der Waals surface area (Å²) in [5, 5.41) is 3.59. The summed E-state index contributed by atoms with van der Waals surface area (Å²) in [6.45, 7) is 17.2.